The van der Waals surface area contributed by atoms with E-state index in [0.717, 1.165) is 17.8 Å². The summed E-state index contributed by atoms with van der Waals surface area (Å²) in [4.78, 5) is 13.7. The van der Waals surface area contributed by atoms with Crippen LogP contribution in [0, 0.1) is 11.8 Å². The molecule has 2 atom stereocenters. The zero-order valence-electron chi connectivity index (χ0n) is 16.0. The highest BCUT2D eigenvalue weighted by Gasteiger charge is 2.39. The van der Waals surface area contributed by atoms with Crippen molar-refractivity contribution in [2.75, 3.05) is 12.3 Å². The maximum atomic E-state index is 14.4. The van der Waals surface area contributed by atoms with Crippen LogP contribution >= 0.6 is 11.8 Å². The van der Waals surface area contributed by atoms with Crippen LogP contribution in [0.25, 0.3) is 0 Å². The van der Waals surface area contributed by atoms with Gasteiger partial charge >= 0.3 is 5.92 Å². The van der Waals surface area contributed by atoms with Crippen LogP contribution in [0.4, 0.5) is 13.6 Å². The number of amides is 1. The molecule has 1 aliphatic rings. The number of aliphatic hydroxyl groups excluding tert-OH is 1. The Kier molecular flexibility index (Phi) is 7.54. The fourth-order valence-corrected chi connectivity index (χ4v) is 3.89. The molecule has 0 spiro atoms. The van der Waals surface area contributed by atoms with Gasteiger partial charge in [0, 0.05) is 24.3 Å². The number of benzene rings is 1. The van der Waals surface area contributed by atoms with Crippen molar-refractivity contribution in [3.63, 3.8) is 0 Å². The van der Waals surface area contributed by atoms with Gasteiger partial charge in [-0.2, -0.15) is 8.78 Å². The SMILES string of the molecule is O=C1SCC(C=CC(O)C(F)(F)c2ccccc2)N1CCCC#CCc1nnn[nH]1. The lowest BCUT2D eigenvalue weighted by Gasteiger charge is -2.23. The van der Waals surface area contributed by atoms with E-state index in [-0.39, 0.29) is 16.8 Å². The molecule has 0 radical (unpaired) electrons. The molecule has 30 heavy (non-hydrogen) atoms. The third-order valence-electron chi connectivity index (χ3n) is 4.53. The minimum atomic E-state index is -3.41. The molecule has 1 amide bonds. The van der Waals surface area contributed by atoms with E-state index >= 15 is 0 Å². The number of tetrazole rings is 1. The molecule has 1 saturated heterocycles. The van der Waals surface area contributed by atoms with Crippen molar-refractivity contribution in [3.8, 4) is 11.8 Å². The number of carbonyl (C=O) groups is 1. The first-order valence-corrected chi connectivity index (χ1v) is 10.4. The number of rotatable bonds is 8. The van der Waals surface area contributed by atoms with Crippen molar-refractivity contribution in [3.05, 3.63) is 53.9 Å². The van der Waals surface area contributed by atoms with E-state index in [9.17, 15) is 18.7 Å². The average molecular weight is 433 g/mol. The molecule has 0 saturated carbocycles. The number of aliphatic hydroxyl groups is 1. The first kappa shape index (κ1) is 21.9. The molecule has 0 bridgehead atoms. The van der Waals surface area contributed by atoms with E-state index in [4.69, 9.17) is 0 Å². The molecule has 1 aromatic carbocycles. The summed E-state index contributed by atoms with van der Waals surface area (Å²) >= 11 is 1.14. The number of hydrogen-bond donors (Lipinski definition) is 2. The van der Waals surface area contributed by atoms with Crippen molar-refractivity contribution in [1.82, 2.24) is 25.5 Å². The Labute approximate surface area is 176 Å². The number of nitrogens with one attached hydrogen (secondary N) is 1. The van der Waals surface area contributed by atoms with Crippen LogP contribution in [0.3, 0.4) is 0 Å². The highest BCUT2D eigenvalue weighted by atomic mass is 32.2. The number of hydrogen-bond acceptors (Lipinski definition) is 6. The Bertz CT molecular complexity index is 912. The largest absolute Gasteiger partial charge is 0.382 e. The first-order chi connectivity index (χ1) is 14.5. The van der Waals surface area contributed by atoms with Crippen LogP contribution < -0.4 is 0 Å². The number of unbranched alkanes of at least 4 members (excludes halogenated alkanes) is 1. The number of carbonyl (C=O) groups excluding carboxylic acids is 1. The number of aromatic amines is 1. The molecule has 1 aromatic heterocycles. The molecule has 2 aromatic rings. The Morgan fingerprint density at radius 1 is 1.37 bits per heavy atom. The van der Waals surface area contributed by atoms with Gasteiger partial charge in [0.05, 0.1) is 12.5 Å². The smallest absolute Gasteiger partial charge is 0.302 e. The van der Waals surface area contributed by atoms with Crippen LogP contribution in [0.1, 0.15) is 24.2 Å². The predicted molar refractivity (Wildman–Crippen MR) is 109 cm³/mol. The lowest BCUT2D eigenvalue weighted by Crippen LogP contribution is -2.34. The molecule has 3 rings (SSSR count). The van der Waals surface area contributed by atoms with Gasteiger partial charge in [0.2, 0.25) is 0 Å². The predicted octanol–water partition coefficient (Wildman–Crippen LogP) is 2.77. The molecule has 158 valence electrons. The second-order valence-corrected chi connectivity index (χ2v) is 7.61. The van der Waals surface area contributed by atoms with Crippen molar-refractivity contribution in [1.29, 1.82) is 0 Å². The lowest BCUT2D eigenvalue weighted by atomic mass is 10.0. The van der Waals surface area contributed by atoms with Gasteiger partial charge in [-0.15, -0.1) is 11.0 Å². The van der Waals surface area contributed by atoms with Gasteiger partial charge in [0.15, 0.2) is 5.82 Å². The molecule has 1 fully saturated rings. The zero-order chi connectivity index (χ0) is 21.4. The summed E-state index contributed by atoms with van der Waals surface area (Å²) in [5.74, 6) is 3.58. The molecule has 10 heteroatoms. The second kappa shape index (κ2) is 10.3. The summed E-state index contributed by atoms with van der Waals surface area (Å²) < 4.78 is 28.8. The van der Waals surface area contributed by atoms with Crippen LogP contribution in [-0.4, -0.2) is 60.3 Å². The normalized spacial score (nSPS) is 17.9. The molecule has 2 N–H and O–H groups in total. The number of halogens is 2. The standard InChI is InChI=1S/C20H21F2N5O2S/c21-20(22,15-8-4-3-5-9-15)17(28)12-11-16-14-30-19(29)27(16)13-7-2-1-6-10-18-23-25-26-24-18/h3-5,8-9,11-12,16-17,28H,2,7,10,13-14H2,(H,23,24,25,26). The second-order valence-electron chi connectivity index (χ2n) is 6.64. The Balaban J connectivity index is 1.51. The van der Waals surface area contributed by atoms with E-state index in [1.165, 1.54) is 30.3 Å². The van der Waals surface area contributed by atoms with Gasteiger partial charge in [0.1, 0.15) is 6.10 Å². The number of aromatic nitrogens is 4. The van der Waals surface area contributed by atoms with Crippen molar-refractivity contribution < 1.29 is 18.7 Å². The molecule has 7 nitrogen and oxygen atoms in total. The van der Waals surface area contributed by atoms with E-state index in [0.29, 0.717) is 37.4 Å². The van der Waals surface area contributed by atoms with Gasteiger partial charge < -0.3 is 10.0 Å². The minimum Gasteiger partial charge on any atom is -0.382 e. The summed E-state index contributed by atoms with van der Waals surface area (Å²) in [5.41, 5.74) is -0.254. The van der Waals surface area contributed by atoms with Crippen LogP contribution in [0.15, 0.2) is 42.5 Å². The third kappa shape index (κ3) is 5.64. The molecule has 1 aliphatic heterocycles. The summed E-state index contributed by atoms with van der Waals surface area (Å²) in [6, 6.07) is 6.85. The van der Waals surface area contributed by atoms with Crippen LogP contribution in [0.5, 0.6) is 0 Å². The fourth-order valence-electron chi connectivity index (χ4n) is 2.89. The van der Waals surface area contributed by atoms with Gasteiger partial charge in [-0.05, 0) is 16.8 Å². The number of nitrogens with zero attached hydrogens (tertiary/aromatic N) is 4. The van der Waals surface area contributed by atoms with Crippen LogP contribution in [0.2, 0.25) is 0 Å². The minimum absolute atomic E-state index is 0.102. The van der Waals surface area contributed by atoms with Gasteiger partial charge in [-0.1, -0.05) is 60.2 Å². The van der Waals surface area contributed by atoms with Gasteiger partial charge in [0.25, 0.3) is 5.24 Å². The summed E-state index contributed by atoms with van der Waals surface area (Å²) in [6.45, 7) is 0.463. The lowest BCUT2D eigenvalue weighted by molar-refractivity contribution is -0.0929. The van der Waals surface area contributed by atoms with E-state index in [2.05, 4.69) is 32.5 Å². The number of thioether (sulfide) groups is 1. The summed E-state index contributed by atoms with van der Waals surface area (Å²) in [6.07, 6.45) is 2.25. The molecular weight excluding hydrogens is 412 g/mol. The maximum Gasteiger partial charge on any atom is 0.302 e. The van der Waals surface area contributed by atoms with E-state index in [1.807, 2.05) is 0 Å². The van der Waals surface area contributed by atoms with Gasteiger partial charge in [-0.25, -0.2) is 5.10 Å². The topological polar surface area (TPSA) is 95.0 Å². The van der Waals surface area contributed by atoms with E-state index in [1.54, 1.807) is 11.0 Å². The Hall–Kier alpha value is -2.77. The average Bonchev–Trinajstić information content (AvgIpc) is 3.39. The first-order valence-electron chi connectivity index (χ1n) is 9.40. The summed E-state index contributed by atoms with van der Waals surface area (Å²) in [5, 5.41) is 23.2. The highest BCUT2D eigenvalue weighted by molar-refractivity contribution is 8.13. The Morgan fingerprint density at radius 3 is 2.90 bits per heavy atom. The van der Waals surface area contributed by atoms with Crippen molar-refractivity contribution in [2.45, 2.75) is 37.3 Å². The van der Waals surface area contributed by atoms with Crippen molar-refractivity contribution >= 4 is 17.0 Å². The van der Waals surface area contributed by atoms with Crippen molar-refractivity contribution in [2.24, 2.45) is 0 Å². The summed E-state index contributed by atoms with van der Waals surface area (Å²) in [7, 11) is 0. The Morgan fingerprint density at radius 2 is 2.17 bits per heavy atom. The van der Waals surface area contributed by atoms with Crippen LogP contribution in [-0.2, 0) is 12.3 Å². The molecule has 0 aliphatic carbocycles. The quantitative estimate of drug-likeness (QED) is 0.378. The molecular formula is C20H21F2N5O2S. The van der Waals surface area contributed by atoms with Gasteiger partial charge in [-0.3, -0.25) is 4.79 Å². The fraction of sp³-hybridized carbons (Fsp3) is 0.400. The number of alkyl halides is 2. The highest BCUT2D eigenvalue weighted by Crippen LogP contribution is 2.33. The molecule has 2 heterocycles. The monoisotopic (exact) mass is 433 g/mol. The zero-order valence-corrected chi connectivity index (χ0v) is 16.9. The maximum absolute atomic E-state index is 14.4. The third-order valence-corrected chi connectivity index (χ3v) is 5.52. The molecule has 2 unspecified atom stereocenters. The number of H-pyrrole nitrogens is 1. The van der Waals surface area contributed by atoms with E-state index < -0.39 is 12.0 Å².